The lowest BCUT2D eigenvalue weighted by atomic mass is 10.2. The molecule has 0 rings (SSSR count). The van der Waals surface area contributed by atoms with Gasteiger partial charge in [0.2, 0.25) is 0 Å². The SMILES string of the molecule is CC[Si](CCCCCCNC(=O)OC)(OC)OC. The monoisotopic (exact) mass is 277 g/mol. The zero-order valence-electron chi connectivity index (χ0n) is 12.1. The number of unbranched alkanes of at least 4 members (excludes halogenated alkanes) is 3. The maximum atomic E-state index is 10.8. The van der Waals surface area contributed by atoms with E-state index >= 15 is 0 Å². The summed E-state index contributed by atoms with van der Waals surface area (Å²) >= 11 is 0. The lowest BCUT2D eigenvalue weighted by molar-refractivity contribution is 0.171. The van der Waals surface area contributed by atoms with Gasteiger partial charge in [-0.2, -0.15) is 0 Å². The number of carbonyl (C=O) groups excluding carboxylic acids is 1. The number of carbonyl (C=O) groups is 1. The molecule has 0 saturated heterocycles. The van der Waals surface area contributed by atoms with Gasteiger partial charge in [-0.1, -0.05) is 26.2 Å². The predicted molar refractivity (Wildman–Crippen MR) is 73.9 cm³/mol. The van der Waals surface area contributed by atoms with Crippen molar-refractivity contribution in [2.75, 3.05) is 27.9 Å². The Balaban J connectivity index is 3.52. The Hall–Kier alpha value is -0.593. The average molecular weight is 277 g/mol. The summed E-state index contributed by atoms with van der Waals surface area (Å²) in [6.45, 7) is 2.80. The second kappa shape index (κ2) is 10.3. The van der Waals surface area contributed by atoms with Crippen LogP contribution in [-0.2, 0) is 13.6 Å². The van der Waals surface area contributed by atoms with Crippen LogP contribution in [-0.4, -0.2) is 42.5 Å². The molecule has 0 atom stereocenters. The number of methoxy groups -OCH3 is 1. The molecule has 0 aliphatic heterocycles. The van der Waals surface area contributed by atoms with E-state index in [2.05, 4.69) is 17.0 Å². The highest BCUT2D eigenvalue weighted by molar-refractivity contribution is 6.67. The molecule has 18 heavy (non-hydrogen) atoms. The van der Waals surface area contributed by atoms with E-state index in [9.17, 15) is 4.79 Å². The van der Waals surface area contributed by atoms with Crippen LogP contribution in [0.25, 0.3) is 0 Å². The number of ether oxygens (including phenoxy) is 1. The predicted octanol–water partition coefficient (Wildman–Crippen LogP) is 2.66. The quantitative estimate of drug-likeness (QED) is 0.493. The third-order valence-corrected chi connectivity index (χ3v) is 6.90. The summed E-state index contributed by atoms with van der Waals surface area (Å²) in [5.74, 6) is 0. The molecule has 108 valence electrons. The number of rotatable bonds is 10. The maximum Gasteiger partial charge on any atom is 0.406 e. The fourth-order valence-corrected chi connectivity index (χ4v) is 4.18. The normalized spacial score (nSPS) is 11.3. The summed E-state index contributed by atoms with van der Waals surface area (Å²) < 4.78 is 15.6. The molecule has 0 heterocycles. The first-order valence-corrected chi connectivity index (χ1v) is 8.79. The lowest BCUT2D eigenvalue weighted by Crippen LogP contribution is -2.38. The molecular formula is C12H27NO4Si. The topological polar surface area (TPSA) is 56.8 Å². The van der Waals surface area contributed by atoms with Gasteiger partial charge < -0.3 is 18.9 Å². The molecule has 6 heteroatoms. The van der Waals surface area contributed by atoms with Gasteiger partial charge in [-0.3, -0.25) is 0 Å². The molecule has 1 N–H and O–H groups in total. The van der Waals surface area contributed by atoms with Crippen molar-refractivity contribution in [3.05, 3.63) is 0 Å². The van der Waals surface area contributed by atoms with Crippen molar-refractivity contribution in [2.24, 2.45) is 0 Å². The van der Waals surface area contributed by atoms with E-state index in [0.29, 0.717) is 6.54 Å². The Morgan fingerprint density at radius 3 is 2.17 bits per heavy atom. The molecule has 0 spiro atoms. The minimum absolute atomic E-state index is 0.355. The van der Waals surface area contributed by atoms with Gasteiger partial charge in [-0.25, -0.2) is 4.79 Å². The molecule has 0 aromatic rings. The van der Waals surface area contributed by atoms with E-state index in [1.165, 1.54) is 7.11 Å². The van der Waals surface area contributed by atoms with Crippen LogP contribution < -0.4 is 5.32 Å². The van der Waals surface area contributed by atoms with E-state index in [1.807, 2.05) is 0 Å². The minimum Gasteiger partial charge on any atom is -0.453 e. The molecule has 0 aliphatic rings. The Bertz CT molecular complexity index is 214. The summed E-state index contributed by atoms with van der Waals surface area (Å²) in [4.78, 5) is 10.8. The highest BCUT2D eigenvalue weighted by Gasteiger charge is 2.32. The first kappa shape index (κ1) is 17.4. The molecule has 0 unspecified atom stereocenters. The Labute approximate surface area is 111 Å². The summed E-state index contributed by atoms with van der Waals surface area (Å²) in [6.07, 6.45) is 4.00. The van der Waals surface area contributed by atoms with Crippen LogP contribution in [0.4, 0.5) is 4.79 Å². The van der Waals surface area contributed by atoms with Crippen LogP contribution >= 0.6 is 0 Å². The third-order valence-electron chi connectivity index (χ3n) is 3.22. The molecule has 0 bridgehead atoms. The summed E-state index contributed by atoms with van der Waals surface area (Å²) in [7, 11) is 2.97. The van der Waals surface area contributed by atoms with Gasteiger partial charge in [0.25, 0.3) is 0 Å². The van der Waals surface area contributed by atoms with Crippen molar-refractivity contribution >= 4 is 14.7 Å². The van der Waals surface area contributed by atoms with Crippen LogP contribution in [0.15, 0.2) is 0 Å². The van der Waals surface area contributed by atoms with E-state index in [4.69, 9.17) is 8.85 Å². The van der Waals surface area contributed by atoms with E-state index in [1.54, 1.807) is 14.2 Å². The first-order chi connectivity index (χ1) is 8.64. The van der Waals surface area contributed by atoms with Crippen LogP contribution in [0.3, 0.4) is 0 Å². The molecular weight excluding hydrogens is 250 g/mol. The molecule has 0 fully saturated rings. The second-order valence-electron chi connectivity index (χ2n) is 4.26. The maximum absolute atomic E-state index is 10.8. The number of amides is 1. The van der Waals surface area contributed by atoms with Crippen LogP contribution in [0.5, 0.6) is 0 Å². The summed E-state index contributed by atoms with van der Waals surface area (Å²) in [5.41, 5.74) is 0. The number of nitrogens with one attached hydrogen (secondary N) is 1. The second-order valence-corrected chi connectivity index (χ2v) is 8.10. The molecule has 1 amide bonds. The molecule has 0 aliphatic carbocycles. The van der Waals surface area contributed by atoms with Gasteiger partial charge in [-0.15, -0.1) is 0 Å². The zero-order chi connectivity index (χ0) is 13.9. The summed E-state index contributed by atoms with van der Waals surface area (Å²) in [6, 6.07) is 2.03. The Morgan fingerprint density at radius 2 is 1.67 bits per heavy atom. The molecule has 5 nitrogen and oxygen atoms in total. The van der Waals surface area contributed by atoms with Crippen molar-refractivity contribution < 1.29 is 18.4 Å². The third kappa shape index (κ3) is 6.98. The van der Waals surface area contributed by atoms with Gasteiger partial charge in [0.05, 0.1) is 7.11 Å². The van der Waals surface area contributed by atoms with Gasteiger partial charge in [0, 0.05) is 20.8 Å². The fourth-order valence-electron chi connectivity index (χ4n) is 1.89. The summed E-state index contributed by atoms with van der Waals surface area (Å²) in [5, 5.41) is 2.67. The standard InChI is InChI=1S/C12H27NO4Si/c1-5-18(16-3,17-4)11-9-7-6-8-10-13-12(14)15-2/h5-11H2,1-4H3,(H,13,14). The minimum atomic E-state index is -1.90. The van der Waals surface area contributed by atoms with Crippen molar-refractivity contribution in [3.63, 3.8) is 0 Å². The number of alkyl carbamates (subject to hydrolysis) is 1. The highest BCUT2D eigenvalue weighted by atomic mass is 28.4. The van der Waals surface area contributed by atoms with Gasteiger partial charge in [-0.05, 0) is 18.5 Å². The van der Waals surface area contributed by atoms with Crippen molar-refractivity contribution in [1.29, 1.82) is 0 Å². The molecule has 0 saturated carbocycles. The van der Waals surface area contributed by atoms with Crippen LogP contribution in [0.2, 0.25) is 12.1 Å². The smallest absolute Gasteiger partial charge is 0.406 e. The Kier molecular flexibility index (Phi) is 10.00. The Morgan fingerprint density at radius 1 is 1.06 bits per heavy atom. The van der Waals surface area contributed by atoms with Crippen molar-refractivity contribution in [1.82, 2.24) is 5.32 Å². The van der Waals surface area contributed by atoms with Crippen molar-refractivity contribution in [2.45, 2.75) is 44.7 Å². The van der Waals surface area contributed by atoms with Crippen LogP contribution in [0.1, 0.15) is 32.6 Å². The fraction of sp³-hybridized carbons (Fsp3) is 0.917. The first-order valence-electron chi connectivity index (χ1n) is 6.56. The zero-order valence-corrected chi connectivity index (χ0v) is 13.1. The van der Waals surface area contributed by atoms with Gasteiger partial charge in [0.15, 0.2) is 0 Å². The molecule has 0 aromatic carbocycles. The largest absolute Gasteiger partial charge is 0.453 e. The van der Waals surface area contributed by atoms with Crippen molar-refractivity contribution in [3.8, 4) is 0 Å². The van der Waals surface area contributed by atoms with Crippen LogP contribution in [0, 0.1) is 0 Å². The van der Waals surface area contributed by atoms with E-state index in [-0.39, 0.29) is 6.09 Å². The lowest BCUT2D eigenvalue weighted by Gasteiger charge is -2.25. The van der Waals surface area contributed by atoms with Gasteiger partial charge in [0.1, 0.15) is 0 Å². The molecule has 0 aromatic heterocycles. The number of hydrogen-bond acceptors (Lipinski definition) is 4. The van der Waals surface area contributed by atoms with E-state index < -0.39 is 8.56 Å². The highest BCUT2D eigenvalue weighted by Crippen LogP contribution is 2.20. The van der Waals surface area contributed by atoms with E-state index in [0.717, 1.165) is 37.8 Å². The number of hydrogen-bond donors (Lipinski definition) is 1. The molecule has 0 radical (unpaired) electrons. The average Bonchev–Trinajstić information content (AvgIpc) is 2.42. The van der Waals surface area contributed by atoms with Gasteiger partial charge >= 0.3 is 14.7 Å².